The first-order chi connectivity index (χ1) is 13.4. The zero-order valence-corrected chi connectivity index (χ0v) is 16.1. The van der Waals surface area contributed by atoms with Gasteiger partial charge in [-0.25, -0.2) is 4.39 Å². The molecule has 1 heterocycles. The molecular formula is C22H21ClFNO3. The minimum Gasteiger partial charge on any atom is -0.494 e. The van der Waals surface area contributed by atoms with Crippen LogP contribution in [0.15, 0.2) is 42.0 Å². The highest BCUT2D eigenvalue weighted by Gasteiger charge is 2.28. The number of aromatic hydroxyl groups is 1. The fourth-order valence-electron chi connectivity index (χ4n) is 4.07. The van der Waals surface area contributed by atoms with Gasteiger partial charge in [-0.2, -0.15) is 0 Å². The lowest BCUT2D eigenvalue weighted by atomic mass is 9.82. The van der Waals surface area contributed by atoms with Crippen LogP contribution in [0.4, 0.5) is 4.39 Å². The minimum absolute atomic E-state index is 0.0257. The van der Waals surface area contributed by atoms with Crippen molar-refractivity contribution in [3.05, 3.63) is 58.4 Å². The molecule has 4 N–H and O–H groups in total. The van der Waals surface area contributed by atoms with Gasteiger partial charge >= 0.3 is 0 Å². The van der Waals surface area contributed by atoms with Crippen molar-refractivity contribution in [2.75, 3.05) is 0 Å². The molecule has 0 saturated carbocycles. The highest BCUT2D eigenvalue weighted by molar-refractivity contribution is 6.33. The lowest BCUT2D eigenvalue weighted by Gasteiger charge is -2.29. The number of rotatable bonds is 3. The summed E-state index contributed by atoms with van der Waals surface area (Å²) in [6.45, 7) is 1.95. The zero-order chi connectivity index (χ0) is 20.0. The van der Waals surface area contributed by atoms with E-state index in [1.54, 1.807) is 0 Å². The maximum absolute atomic E-state index is 13.7. The maximum Gasteiger partial charge on any atom is 0.196 e. The summed E-state index contributed by atoms with van der Waals surface area (Å²) in [6, 6.07) is 9.73. The third-order valence-electron chi connectivity index (χ3n) is 5.51. The van der Waals surface area contributed by atoms with Gasteiger partial charge in [0, 0.05) is 16.3 Å². The number of H-pyrrole nitrogens is 1. The summed E-state index contributed by atoms with van der Waals surface area (Å²) in [5, 5.41) is 32.5. The van der Waals surface area contributed by atoms with Crippen molar-refractivity contribution in [3.8, 4) is 17.1 Å². The molecule has 0 amide bonds. The summed E-state index contributed by atoms with van der Waals surface area (Å²) < 4.78 is 13.7. The zero-order valence-electron chi connectivity index (χ0n) is 15.3. The smallest absolute Gasteiger partial charge is 0.196 e. The molecule has 0 radical (unpaired) electrons. The van der Waals surface area contributed by atoms with Gasteiger partial charge in [0.15, 0.2) is 5.88 Å². The van der Waals surface area contributed by atoms with E-state index in [1.165, 1.54) is 18.2 Å². The standard InChI is InChI=1S/C22H21ClFNO3/c1-2-13-14(6-8-19(26)21(13)27)11-3-5-15-16(9-11)22(28)25-20(15)17-10-12(24)4-7-18(17)23/h3-5,7,9-10,19,21,25-28H,2,6,8H2,1H3. The number of fused-ring (bicyclic) bond motifs is 1. The number of benzene rings is 2. The van der Waals surface area contributed by atoms with Gasteiger partial charge in [-0.15, -0.1) is 0 Å². The van der Waals surface area contributed by atoms with Crippen molar-refractivity contribution in [1.82, 2.24) is 4.98 Å². The van der Waals surface area contributed by atoms with Crippen LogP contribution < -0.4 is 0 Å². The van der Waals surface area contributed by atoms with Crippen molar-refractivity contribution in [1.29, 1.82) is 0 Å². The summed E-state index contributed by atoms with van der Waals surface area (Å²) in [5.74, 6) is -0.437. The predicted molar refractivity (Wildman–Crippen MR) is 109 cm³/mol. The SMILES string of the molecule is CCC1=C(c2ccc3c(-c4cc(F)ccc4Cl)[nH]c(O)c3c2)CCC(O)C1O. The third-order valence-corrected chi connectivity index (χ3v) is 5.84. The van der Waals surface area contributed by atoms with Gasteiger partial charge in [0.1, 0.15) is 11.9 Å². The molecule has 0 bridgehead atoms. The van der Waals surface area contributed by atoms with E-state index in [9.17, 15) is 19.7 Å². The van der Waals surface area contributed by atoms with Crippen molar-refractivity contribution in [2.45, 2.75) is 38.4 Å². The normalized spacial score (nSPS) is 20.2. The first-order valence-corrected chi connectivity index (χ1v) is 9.67. The number of hydrogen-bond acceptors (Lipinski definition) is 3. The highest BCUT2D eigenvalue weighted by atomic mass is 35.5. The number of halogens is 2. The molecule has 6 heteroatoms. The summed E-state index contributed by atoms with van der Waals surface area (Å²) in [4.78, 5) is 2.91. The van der Waals surface area contributed by atoms with Crippen LogP contribution >= 0.6 is 11.6 Å². The Morgan fingerprint density at radius 3 is 2.68 bits per heavy atom. The van der Waals surface area contributed by atoms with Crippen molar-refractivity contribution in [3.63, 3.8) is 0 Å². The van der Waals surface area contributed by atoms with Crippen LogP contribution in [-0.4, -0.2) is 32.5 Å². The Morgan fingerprint density at radius 1 is 1.14 bits per heavy atom. The number of aliphatic hydroxyl groups excluding tert-OH is 2. The Bertz CT molecular complexity index is 1090. The molecule has 3 aromatic rings. The molecule has 146 valence electrons. The van der Waals surface area contributed by atoms with Crippen molar-refractivity contribution < 1.29 is 19.7 Å². The number of aromatic amines is 1. The molecule has 1 aliphatic rings. The Hall–Kier alpha value is -2.34. The van der Waals surface area contributed by atoms with Gasteiger partial charge in [-0.05, 0) is 60.2 Å². The third kappa shape index (κ3) is 3.09. The van der Waals surface area contributed by atoms with Gasteiger partial charge in [0.25, 0.3) is 0 Å². The lowest BCUT2D eigenvalue weighted by Crippen LogP contribution is -2.31. The highest BCUT2D eigenvalue weighted by Crippen LogP contribution is 2.41. The van der Waals surface area contributed by atoms with Gasteiger partial charge in [-0.3, -0.25) is 0 Å². The minimum atomic E-state index is -0.870. The molecule has 4 nitrogen and oxygen atoms in total. The molecule has 1 aliphatic carbocycles. The van der Waals surface area contributed by atoms with E-state index in [0.717, 1.165) is 22.1 Å². The number of aliphatic hydroxyl groups is 2. The summed E-state index contributed by atoms with van der Waals surface area (Å²) in [5.41, 5.74) is 3.73. The molecule has 4 rings (SSSR count). The Labute approximate surface area is 166 Å². The second kappa shape index (κ2) is 7.24. The van der Waals surface area contributed by atoms with E-state index in [1.807, 2.05) is 25.1 Å². The summed E-state index contributed by atoms with van der Waals surface area (Å²) in [7, 11) is 0. The van der Waals surface area contributed by atoms with Crippen LogP contribution in [0.1, 0.15) is 31.7 Å². The van der Waals surface area contributed by atoms with Crippen LogP contribution in [0, 0.1) is 5.82 Å². The monoisotopic (exact) mass is 401 g/mol. The Morgan fingerprint density at radius 2 is 1.93 bits per heavy atom. The summed E-state index contributed by atoms with van der Waals surface area (Å²) >= 11 is 6.23. The second-order valence-electron chi connectivity index (χ2n) is 7.14. The molecule has 2 unspecified atom stereocenters. The van der Waals surface area contributed by atoms with Crippen LogP contribution in [-0.2, 0) is 0 Å². The van der Waals surface area contributed by atoms with Crippen LogP contribution in [0.3, 0.4) is 0 Å². The summed E-state index contributed by atoms with van der Waals surface area (Å²) in [6.07, 6.45) is 0.160. The van der Waals surface area contributed by atoms with Gasteiger partial charge < -0.3 is 20.3 Å². The van der Waals surface area contributed by atoms with E-state index in [0.29, 0.717) is 40.9 Å². The Kier molecular flexibility index (Phi) is 4.91. The molecule has 2 atom stereocenters. The fraction of sp³-hybridized carbons (Fsp3) is 0.273. The Balaban J connectivity index is 1.87. The molecule has 2 aromatic carbocycles. The number of aromatic nitrogens is 1. The van der Waals surface area contributed by atoms with E-state index < -0.39 is 18.0 Å². The van der Waals surface area contributed by atoms with Crippen molar-refractivity contribution in [2.24, 2.45) is 0 Å². The molecule has 0 fully saturated rings. The van der Waals surface area contributed by atoms with Crippen molar-refractivity contribution >= 4 is 27.9 Å². The number of nitrogens with one attached hydrogen (secondary N) is 1. The fourth-order valence-corrected chi connectivity index (χ4v) is 4.29. The second-order valence-corrected chi connectivity index (χ2v) is 7.55. The quantitative estimate of drug-likeness (QED) is 0.498. The largest absolute Gasteiger partial charge is 0.494 e. The maximum atomic E-state index is 13.7. The molecule has 0 aliphatic heterocycles. The molecule has 0 saturated heterocycles. The average molecular weight is 402 g/mol. The van der Waals surface area contributed by atoms with Gasteiger partial charge in [0.05, 0.1) is 16.8 Å². The van der Waals surface area contributed by atoms with Crippen LogP contribution in [0.25, 0.3) is 27.6 Å². The van der Waals surface area contributed by atoms with Crippen LogP contribution in [0.5, 0.6) is 5.88 Å². The van der Waals surface area contributed by atoms with E-state index in [-0.39, 0.29) is 5.88 Å². The van der Waals surface area contributed by atoms with Gasteiger partial charge in [-0.1, -0.05) is 30.7 Å². The molecular weight excluding hydrogens is 381 g/mol. The topological polar surface area (TPSA) is 76.5 Å². The predicted octanol–water partition coefficient (Wildman–Crippen LogP) is 5.01. The lowest BCUT2D eigenvalue weighted by molar-refractivity contribution is 0.0314. The molecule has 28 heavy (non-hydrogen) atoms. The van der Waals surface area contributed by atoms with E-state index >= 15 is 0 Å². The molecule has 1 aromatic heterocycles. The van der Waals surface area contributed by atoms with E-state index in [4.69, 9.17) is 11.6 Å². The van der Waals surface area contributed by atoms with Gasteiger partial charge in [0.2, 0.25) is 0 Å². The first-order valence-electron chi connectivity index (χ1n) is 9.29. The average Bonchev–Trinajstić information content (AvgIpc) is 3.01. The molecule has 0 spiro atoms. The number of allylic oxidation sites excluding steroid dienone is 1. The number of hydrogen-bond donors (Lipinski definition) is 4. The first kappa shape index (κ1) is 19.0. The van der Waals surface area contributed by atoms with Crippen LogP contribution in [0.2, 0.25) is 5.02 Å². The van der Waals surface area contributed by atoms with E-state index in [2.05, 4.69) is 4.98 Å².